The summed E-state index contributed by atoms with van der Waals surface area (Å²) >= 11 is 26.1. The number of benzene rings is 1. The zero-order valence-corrected chi connectivity index (χ0v) is 21.1. The number of nitrogens with two attached hydrogens (primary N) is 2. The lowest BCUT2D eigenvalue weighted by molar-refractivity contribution is -0.139. The van der Waals surface area contributed by atoms with E-state index in [9.17, 15) is 4.79 Å². The van der Waals surface area contributed by atoms with Gasteiger partial charge in [-0.15, -0.1) is 0 Å². The lowest BCUT2D eigenvalue weighted by Gasteiger charge is -2.57. The number of hydrogen-bond donors (Lipinski definition) is 2. The van der Waals surface area contributed by atoms with Crippen molar-refractivity contribution in [1.82, 2.24) is 0 Å². The summed E-state index contributed by atoms with van der Waals surface area (Å²) in [4.78, 5) is 13.4. The van der Waals surface area contributed by atoms with Crippen LogP contribution >= 0.6 is 46.4 Å². The van der Waals surface area contributed by atoms with E-state index in [1.54, 1.807) is 0 Å². The molecule has 1 heterocycles. The van der Waals surface area contributed by atoms with Gasteiger partial charge in [0.15, 0.2) is 5.60 Å². The number of allylic oxidation sites excluding steroid dienone is 4. The first-order valence-electron chi connectivity index (χ1n) is 10.2. The first-order chi connectivity index (χ1) is 14.8. The number of hydrogen-bond acceptors (Lipinski definition) is 4. The van der Waals surface area contributed by atoms with Gasteiger partial charge in [0.2, 0.25) is 0 Å². The third-order valence-corrected chi connectivity index (χ3v) is 9.04. The molecule has 2 aliphatic carbocycles. The van der Waals surface area contributed by atoms with Gasteiger partial charge >= 0.3 is 5.97 Å². The summed E-state index contributed by atoms with van der Waals surface area (Å²) in [5.74, 6) is -0.647. The Labute approximate surface area is 207 Å². The molecule has 0 saturated heterocycles. The molecule has 0 aromatic heterocycles. The van der Waals surface area contributed by atoms with E-state index in [1.807, 2.05) is 64.2 Å². The van der Waals surface area contributed by atoms with Crippen molar-refractivity contribution < 1.29 is 9.53 Å². The van der Waals surface area contributed by atoms with E-state index in [-0.39, 0.29) is 25.7 Å². The van der Waals surface area contributed by atoms with E-state index in [0.29, 0.717) is 5.56 Å². The number of cyclic esters (lactones) is 1. The highest BCUT2D eigenvalue weighted by atomic mass is 35.5. The molecule has 1 aliphatic heterocycles. The maximum absolute atomic E-state index is 13.4. The zero-order valence-electron chi connectivity index (χ0n) is 18.1. The minimum atomic E-state index is -1.43. The first-order valence-corrected chi connectivity index (χ1v) is 11.7. The topological polar surface area (TPSA) is 78.3 Å². The second-order valence-electron chi connectivity index (χ2n) is 9.18. The highest BCUT2D eigenvalue weighted by Crippen LogP contribution is 2.66. The molecule has 0 radical (unpaired) electrons. The van der Waals surface area contributed by atoms with Crippen LogP contribution in [0.15, 0.2) is 47.6 Å². The predicted octanol–water partition coefficient (Wildman–Crippen LogP) is 6.37. The van der Waals surface area contributed by atoms with Gasteiger partial charge in [-0.05, 0) is 13.8 Å². The molecule has 4 rings (SSSR count). The Morgan fingerprint density at radius 3 is 1.69 bits per heavy atom. The van der Waals surface area contributed by atoms with Gasteiger partial charge in [0.05, 0.1) is 25.7 Å². The molecule has 4 nitrogen and oxygen atoms in total. The highest BCUT2D eigenvalue weighted by molar-refractivity contribution is 6.53. The third kappa shape index (κ3) is 2.87. The maximum Gasteiger partial charge on any atom is 0.341 e. The summed E-state index contributed by atoms with van der Waals surface area (Å²) in [6.07, 6.45) is 11.7. The first kappa shape index (κ1) is 23.9. The van der Waals surface area contributed by atoms with E-state index in [0.717, 1.165) is 11.1 Å². The zero-order chi connectivity index (χ0) is 23.8. The van der Waals surface area contributed by atoms with Gasteiger partial charge < -0.3 is 16.2 Å². The normalized spacial score (nSPS) is 36.0. The molecule has 1 aromatic rings. The van der Waals surface area contributed by atoms with Crippen molar-refractivity contribution in [2.45, 2.75) is 45.4 Å². The molecule has 170 valence electrons. The van der Waals surface area contributed by atoms with Crippen LogP contribution in [0.2, 0.25) is 20.1 Å². The van der Waals surface area contributed by atoms with Gasteiger partial charge in [-0.2, -0.15) is 0 Å². The van der Waals surface area contributed by atoms with Crippen LogP contribution in [0.5, 0.6) is 0 Å². The number of fused-ring (bicyclic) bond motifs is 1. The van der Waals surface area contributed by atoms with Crippen LogP contribution in [0.25, 0.3) is 0 Å². The number of carbonyl (C=O) groups is 1. The largest absolute Gasteiger partial charge is 0.448 e. The van der Waals surface area contributed by atoms with Gasteiger partial charge in [0, 0.05) is 28.5 Å². The van der Waals surface area contributed by atoms with Crippen LogP contribution < -0.4 is 11.5 Å². The average molecular weight is 514 g/mol. The van der Waals surface area contributed by atoms with Gasteiger partial charge in [-0.1, -0.05) is 108 Å². The van der Waals surface area contributed by atoms with Gasteiger partial charge in [-0.25, -0.2) is 4.79 Å². The number of rotatable bonds is 2. The molecule has 0 saturated carbocycles. The van der Waals surface area contributed by atoms with Crippen molar-refractivity contribution >= 4 is 52.4 Å². The standard InChI is InChI=1S/C24H24Cl4N2O2/c1-11-5-7-22(3,13(29)9-11)24(23(4)8-6-12(2)10-14(23)30)16-15(21(31)32-24)17(25)19(27)20(28)18(16)26/h5-10,13-14H,29-30H2,1-4H3. The minimum absolute atomic E-state index is 0.00131. The van der Waals surface area contributed by atoms with Crippen LogP contribution in [0.3, 0.4) is 0 Å². The number of ether oxygens (including phenoxy) is 1. The van der Waals surface area contributed by atoms with Crippen LogP contribution in [-0.4, -0.2) is 18.1 Å². The summed E-state index contributed by atoms with van der Waals surface area (Å²) in [7, 11) is 0. The lowest BCUT2D eigenvalue weighted by Crippen LogP contribution is -2.65. The van der Waals surface area contributed by atoms with Crippen molar-refractivity contribution in [2.75, 3.05) is 0 Å². The van der Waals surface area contributed by atoms with E-state index >= 15 is 0 Å². The summed E-state index contributed by atoms with van der Waals surface area (Å²) in [5.41, 5.74) is 12.6. The van der Waals surface area contributed by atoms with Crippen molar-refractivity contribution in [2.24, 2.45) is 22.3 Å². The van der Waals surface area contributed by atoms with Crippen molar-refractivity contribution in [3.05, 3.63) is 78.8 Å². The van der Waals surface area contributed by atoms with Crippen molar-refractivity contribution in [1.29, 1.82) is 0 Å². The second-order valence-corrected chi connectivity index (χ2v) is 10.7. The summed E-state index contributed by atoms with van der Waals surface area (Å²) in [6, 6.07) is -1.06. The third-order valence-electron chi connectivity index (χ3n) is 7.24. The SMILES string of the molecule is CC1=CC(N)C(C)(C2(C3(C)C=CC(C)=CC3N)OC(=O)c3c(Cl)c(Cl)c(Cl)c(Cl)c32)C=C1. The van der Waals surface area contributed by atoms with E-state index < -0.39 is 34.5 Å². The molecule has 8 heteroatoms. The summed E-state index contributed by atoms with van der Waals surface area (Å²) < 4.78 is 6.34. The van der Waals surface area contributed by atoms with Gasteiger partial charge in [0.25, 0.3) is 0 Å². The molecule has 3 aliphatic rings. The molecular weight excluding hydrogens is 490 g/mol. The molecule has 4 atom stereocenters. The molecule has 1 aromatic carbocycles. The Morgan fingerprint density at radius 1 is 0.812 bits per heavy atom. The molecule has 0 bridgehead atoms. The fraction of sp³-hybridized carbons (Fsp3) is 0.375. The van der Waals surface area contributed by atoms with Crippen LogP contribution in [0.1, 0.15) is 43.6 Å². The van der Waals surface area contributed by atoms with Crippen LogP contribution in [0, 0.1) is 10.8 Å². The maximum atomic E-state index is 13.4. The Morgan fingerprint density at radius 2 is 1.25 bits per heavy atom. The quantitative estimate of drug-likeness (QED) is 0.273. The second kappa shape index (κ2) is 7.63. The summed E-state index contributed by atoms with van der Waals surface area (Å²) in [6.45, 7) is 7.78. The number of carbonyl (C=O) groups excluding carboxylic acids is 1. The molecule has 0 spiro atoms. The minimum Gasteiger partial charge on any atom is -0.448 e. The van der Waals surface area contributed by atoms with E-state index in [1.165, 1.54) is 0 Å². The fourth-order valence-corrected chi connectivity index (χ4v) is 6.36. The predicted molar refractivity (Wildman–Crippen MR) is 132 cm³/mol. The smallest absolute Gasteiger partial charge is 0.341 e. The van der Waals surface area contributed by atoms with E-state index in [4.69, 9.17) is 62.6 Å². The molecular formula is C24H24Cl4N2O2. The molecule has 4 unspecified atom stereocenters. The fourth-order valence-electron chi connectivity index (χ4n) is 5.29. The number of halogens is 4. The Balaban J connectivity index is 2.17. The highest BCUT2D eigenvalue weighted by Gasteiger charge is 2.70. The summed E-state index contributed by atoms with van der Waals surface area (Å²) in [5, 5.41) is 0.143. The molecule has 4 N–H and O–H groups in total. The van der Waals surface area contributed by atoms with Gasteiger partial charge in [-0.3, -0.25) is 0 Å². The Hall–Kier alpha value is -1.27. The van der Waals surface area contributed by atoms with E-state index in [2.05, 4.69) is 0 Å². The van der Waals surface area contributed by atoms with Crippen molar-refractivity contribution in [3.8, 4) is 0 Å². The monoisotopic (exact) mass is 512 g/mol. The Bertz CT molecular complexity index is 1120. The van der Waals surface area contributed by atoms with Crippen molar-refractivity contribution in [3.63, 3.8) is 0 Å². The van der Waals surface area contributed by atoms with Crippen LogP contribution in [-0.2, 0) is 10.3 Å². The van der Waals surface area contributed by atoms with Crippen LogP contribution in [0.4, 0.5) is 0 Å². The lowest BCUT2D eigenvalue weighted by atomic mass is 9.50. The van der Waals surface area contributed by atoms with Gasteiger partial charge in [0.1, 0.15) is 0 Å². The molecule has 32 heavy (non-hydrogen) atoms. The Kier molecular flexibility index (Phi) is 5.69. The molecule has 0 fully saturated rings. The average Bonchev–Trinajstić information content (AvgIpc) is 3.06. The number of esters is 1. The molecule has 0 amide bonds.